The van der Waals surface area contributed by atoms with E-state index < -0.39 is 5.67 Å². The molecule has 0 radical (unpaired) electrons. The maximum atomic E-state index is 14.7. The van der Waals surface area contributed by atoms with E-state index >= 15 is 0 Å². The van der Waals surface area contributed by atoms with Crippen LogP contribution in [0, 0.1) is 12.5 Å². The second-order valence-electron chi connectivity index (χ2n) is 7.80. The van der Waals surface area contributed by atoms with E-state index in [1.54, 1.807) is 36.8 Å². The Hall–Kier alpha value is -3.53. The molecular weight excluding hydrogens is 369 g/mol. The van der Waals surface area contributed by atoms with Gasteiger partial charge in [0, 0.05) is 41.6 Å². The highest BCUT2D eigenvalue weighted by molar-refractivity contribution is 6.00. The number of hydrogen-bond acceptors (Lipinski definition) is 4. The van der Waals surface area contributed by atoms with E-state index in [0.717, 1.165) is 16.3 Å². The second-order valence-corrected chi connectivity index (χ2v) is 7.80. The molecule has 4 rings (SSSR count). The van der Waals surface area contributed by atoms with Crippen LogP contribution in [0.15, 0.2) is 42.9 Å². The van der Waals surface area contributed by atoms with Crippen molar-refractivity contribution in [3.63, 3.8) is 0 Å². The van der Waals surface area contributed by atoms with Gasteiger partial charge in [-0.3, -0.25) is 9.78 Å². The van der Waals surface area contributed by atoms with E-state index in [4.69, 9.17) is 12.3 Å². The van der Waals surface area contributed by atoms with Gasteiger partial charge in [0.25, 0.3) is 12.6 Å². The van der Waals surface area contributed by atoms with E-state index in [2.05, 4.69) is 20.1 Å². The highest BCUT2D eigenvalue weighted by Crippen LogP contribution is 2.37. The Kier molecular flexibility index (Phi) is 4.42. The fourth-order valence-electron chi connectivity index (χ4n) is 3.50. The maximum absolute atomic E-state index is 14.7. The van der Waals surface area contributed by atoms with Crippen LogP contribution in [0.2, 0.25) is 0 Å². The van der Waals surface area contributed by atoms with Gasteiger partial charge < -0.3 is 11.1 Å². The third-order valence-electron chi connectivity index (χ3n) is 5.18. The van der Waals surface area contributed by atoms with Gasteiger partial charge in [-0.25, -0.2) is 9.37 Å². The summed E-state index contributed by atoms with van der Waals surface area (Å²) in [6.07, 6.45) is 5.46. The fraction of sp³-hybridized carbons (Fsp3) is 0.273. The van der Waals surface area contributed by atoms with Crippen LogP contribution >= 0.6 is 0 Å². The lowest BCUT2D eigenvalue weighted by molar-refractivity contribution is -0.117. The largest absolute Gasteiger partial charge is 0.398 e. The topological polar surface area (TPSA) is 85.3 Å². The van der Waals surface area contributed by atoms with E-state index in [1.807, 2.05) is 6.07 Å². The van der Waals surface area contributed by atoms with Crippen molar-refractivity contribution in [2.75, 3.05) is 11.1 Å². The third-order valence-corrected chi connectivity index (χ3v) is 5.18. The van der Waals surface area contributed by atoms with Gasteiger partial charge in [-0.15, -0.1) is 0 Å². The zero-order valence-electron chi connectivity index (χ0n) is 16.2. The standard InChI is InChI=1S/C22H20FN5O/c1-22(2,23)17-4-5-26-10-15(17)12-6-13-8-20(27-11-16(13)18(24)7-12)28-21(29)14-9-19(14)25-3/h3-8,10-11,14,19H,9H2,1-2H3,(H2-,24,27,28,29)/p+1/t14-,19-/m0/s1. The number of nitrogen functional groups attached to an aromatic ring is 1. The van der Waals surface area contributed by atoms with Crippen molar-refractivity contribution in [3.8, 4) is 17.7 Å². The summed E-state index contributed by atoms with van der Waals surface area (Å²) in [6, 6.07) is 6.98. The summed E-state index contributed by atoms with van der Waals surface area (Å²) in [5.74, 6) is 0.0477. The number of anilines is 2. The Balaban J connectivity index is 1.73. The number of benzene rings is 1. The van der Waals surface area contributed by atoms with Gasteiger partial charge in [-0.1, -0.05) is 4.85 Å². The highest BCUT2D eigenvalue weighted by Gasteiger charge is 2.52. The van der Waals surface area contributed by atoms with Crippen LogP contribution in [0.4, 0.5) is 15.9 Å². The molecule has 2 heterocycles. The number of pyridine rings is 2. The summed E-state index contributed by atoms with van der Waals surface area (Å²) in [6.45, 7) is 8.26. The van der Waals surface area contributed by atoms with Gasteiger partial charge in [0.05, 0.1) is 0 Å². The lowest BCUT2D eigenvalue weighted by atomic mass is 9.91. The van der Waals surface area contributed by atoms with Crippen molar-refractivity contribution in [2.45, 2.75) is 32.0 Å². The molecule has 2 atom stereocenters. The molecule has 146 valence electrons. The van der Waals surface area contributed by atoms with Crippen molar-refractivity contribution in [1.82, 2.24) is 9.97 Å². The molecule has 1 aliphatic carbocycles. The van der Waals surface area contributed by atoms with Crippen LogP contribution in [0.25, 0.3) is 26.7 Å². The molecule has 1 aliphatic rings. The number of carbonyl (C=O) groups is 1. The number of nitrogens with one attached hydrogen (secondary N) is 1. The lowest BCUT2D eigenvalue weighted by Gasteiger charge is -2.19. The van der Waals surface area contributed by atoms with Gasteiger partial charge >= 0.3 is 0 Å². The van der Waals surface area contributed by atoms with E-state index in [-0.39, 0.29) is 17.9 Å². The molecule has 29 heavy (non-hydrogen) atoms. The minimum atomic E-state index is -1.53. The molecule has 6 nitrogen and oxygen atoms in total. The van der Waals surface area contributed by atoms with Crippen LogP contribution < -0.4 is 11.1 Å². The molecule has 2 aromatic heterocycles. The predicted octanol–water partition coefficient (Wildman–Crippen LogP) is 4.37. The highest BCUT2D eigenvalue weighted by atomic mass is 19.1. The molecule has 3 N–H and O–H groups in total. The number of nitrogens with two attached hydrogens (primary N) is 1. The maximum Gasteiger partial charge on any atom is 0.285 e. The monoisotopic (exact) mass is 390 g/mol. The lowest BCUT2D eigenvalue weighted by Crippen LogP contribution is -2.16. The second kappa shape index (κ2) is 6.82. The van der Waals surface area contributed by atoms with Crippen molar-refractivity contribution in [2.24, 2.45) is 5.92 Å². The van der Waals surface area contributed by atoms with E-state index in [9.17, 15) is 9.18 Å². The third kappa shape index (κ3) is 3.61. The van der Waals surface area contributed by atoms with E-state index in [0.29, 0.717) is 29.1 Å². The Morgan fingerprint density at radius 2 is 2.14 bits per heavy atom. The number of alkyl halides is 1. The fourth-order valence-corrected chi connectivity index (χ4v) is 3.50. The summed E-state index contributed by atoms with van der Waals surface area (Å²) >= 11 is 0. The molecule has 0 spiro atoms. The SMILES string of the molecule is C#[N+][C@H]1C[C@@H]1C(=O)Nc1cc2cc(-c3cnccc3C(C)(C)F)cc(N)c2cn1. The molecule has 1 fully saturated rings. The number of carbonyl (C=O) groups excluding carboxylic acids is 1. The molecule has 7 heteroatoms. The number of nitrogens with zero attached hydrogens (tertiary/aromatic N) is 3. The normalized spacial score (nSPS) is 18.3. The van der Waals surface area contributed by atoms with Gasteiger partial charge in [-0.2, -0.15) is 0 Å². The van der Waals surface area contributed by atoms with E-state index in [1.165, 1.54) is 13.8 Å². The number of rotatable bonds is 4. The van der Waals surface area contributed by atoms with Crippen LogP contribution in [-0.2, 0) is 10.5 Å². The Labute approximate surface area is 167 Å². The van der Waals surface area contributed by atoms with Crippen molar-refractivity contribution in [1.29, 1.82) is 0 Å². The van der Waals surface area contributed by atoms with Crippen molar-refractivity contribution < 1.29 is 9.18 Å². The first-order valence-electron chi connectivity index (χ1n) is 9.32. The number of aromatic nitrogens is 2. The quantitative estimate of drug-likeness (QED) is 0.648. The van der Waals surface area contributed by atoms with Gasteiger partial charge in [0.15, 0.2) is 0 Å². The molecule has 1 aromatic carbocycles. The molecule has 0 saturated heterocycles. The molecule has 3 aromatic rings. The minimum Gasteiger partial charge on any atom is -0.398 e. The zero-order valence-corrected chi connectivity index (χ0v) is 16.2. The van der Waals surface area contributed by atoms with Crippen LogP contribution in [0.5, 0.6) is 0 Å². The van der Waals surface area contributed by atoms with Gasteiger partial charge in [0.2, 0.25) is 5.91 Å². The van der Waals surface area contributed by atoms with Crippen LogP contribution in [0.3, 0.4) is 0 Å². The Morgan fingerprint density at radius 1 is 1.34 bits per heavy atom. The average molecular weight is 390 g/mol. The summed E-state index contributed by atoms with van der Waals surface area (Å²) in [5, 5.41) is 4.33. The molecule has 0 unspecified atom stereocenters. The average Bonchev–Trinajstić information content (AvgIpc) is 3.47. The van der Waals surface area contributed by atoms with Crippen molar-refractivity contribution in [3.05, 3.63) is 53.3 Å². The predicted molar refractivity (Wildman–Crippen MR) is 112 cm³/mol. The molecule has 0 bridgehead atoms. The smallest absolute Gasteiger partial charge is 0.285 e. The summed E-state index contributed by atoms with van der Waals surface area (Å²) < 4.78 is 14.7. The van der Waals surface area contributed by atoms with Crippen molar-refractivity contribution >= 4 is 28.2 Å². The summed E-state index contributed by atoms with van der Waals surface area (Å²) in [7, 11) is 0. The minimum absolute atomic E-state index is 0.120. The Bertz CT molecular complexity index is 1160. The first-order chi connectivity index (χ1) is 13.8. The number of fused-ring (bicyclic) bond motifs is 1. The number of amides is 1. The first kappa shape index (κ1) is 18.8. The zero-order chi connectivity index (χ0) is 20.8. The molecular formula is C22H21FN5O+. The Morgan fingerprint density at radius 3 is 2.83 bits per heavy atom. The molecule has 1 amide bonds. The first-order valence-corrected chi connectivity index (χ1v) is 9.32. The molecule has 0 aliphatic heterocycles. The van der Waals surface area contributed by atoms with Gasteiger partial charge in [-0.05, 0) is 54.6 Å². The van der Waals surface area contributed by atoms with Gasteiger partial charge in [0.1, 0.15) is 17.4 Å². The van der Waals surface area contributed by atoms with Crippen LogP contribution in [-0.4, -0.2) is 21.9 Å². The summed E-state index contributed by atoms with van der Waals surface area (Å²) in [4.78, 5) is 24.3. The number of halogens is 1. The van der Waals surface area contributed by atoms with Crippen LogP contribution in [0.1, 0.15) is 25.8 Å². The molecule has 1 saturated carbocycles. The number of hydrogen-bond donors (Lipinski definition) is 2. The summed E-state index contributed by atoms with van der Waals surface area (Å²) in [5.41, 5.74) is 7.15.